The smallest absolute Gasteiger partial charge is 0.142 e. The summed E-state index contributed by atoms with van der Waals surface area (Å²) in [5.41, 5.74) is 5.54. The van der Waals surface area contributed by atoms with Crippen molar-refractivity contribution in [2.75, 3.05) is 0 Å². The van der Waals surface area contributed by atoms with Gasteiger partial charge < -0.3 is 4.52 Å². The highest BCUT2D eigenvalue weighted by Crippen LogP contribution is 2.40. The molecule has 0 spiro atoms. The van der Waals surface area contributed by atoms with Gasteiger partial charge in [-0.15, -0.1) is 11.8 Å². The van der Waals surface area contributed by atoms with E-state index in [0.717, 1.165) is 28.3 Å². The van der Waals surface area contributed by atoms with Gasteiger partial charge in [-0.1, -0.05) is 84.0 Å². The molecule has 1 aromatic heterocycles. The number of hydrogen-bond donors (Lipinski definition) is 0. The van der Waals surface area contributed by atoms with Crippen LogP contribution in [0.15, 0.2) is 94.3 Å². The van der Waals surface area contributed by atoms with Crippen LogP contribution in [0.4, 0.5) is 0 Å². The molecule has 0 saturated carbocycles. The molecule has 4 aromatic rings. The molecule has 0 N–H and O–H groups in total. The molecule has 128 valence electrons. The SMILES string of the molecule is Cc1onc(-c2ccccc2)c1-c1ccccc1SCc1ccccc1. The lowest BCUT2D eigenvalue weighted by Gasteiger charge is -2.10. The maximum atomic E-state index is 5.56. The van der Waals surface area contributed by atoms with Crippen molar-refractivity contribution in [1.29, 1.82) is 0 Å². The van der Waals surface area contributed by atoms with Crippen molar-refractivity contribution in [2.45, 2.75) is 17.6 Å². The molecule has 0 atom stereocenters. The molecule has 3 aromatic carbocycles. The van der Waals surface area contributed by atoms with Gasteiger partial charge in [0.15, 0.2) is 0 Å². The molecule has 3 heteroatoms. The molecule has 2 nitrogen and oxygen atoms in total. The van der Waals surface area contributed by atoms with E-state index in [2.05, 4.69) is 71.9 Å². The fourth-order valence-corrected chi connectivity index (χ4v) is 4.03. The van der Waals surface area contributed by atoms with E-state index >= 15 is 0 Å². The van der Waals surface area contributed by atoms with Gasteiger partial charge in [0.25, 0.3) is 0 Å². The highest BCUT2D eigenvalue weighted by molar-refractivity contribution is 7.98. The standard InChI is InChI=1S/C23H19NOS/c1-17-22(23(24-25-17)19-12-6-3-7-13-19)20-14-8-9-15-21(20)26-16-18-10-4-2-5-11-18/h2-15H,16H2,1H3. The summed E-state index contributed by atoms with van der Waals surface area (Å²) in [6, 6.07) is 29.2. The number of rotatable bonds is 5. The summed E-state index contributed by atoms with van der Waals surface area (Å²) in [7, 11) is 0. The molecule has 0 unspecified atom stereocenters. The van der Waals surface area contributed by atoms with E-state index in [-0.39, 0.29) is 0 Å². The molecule has 0 bridgehead atoms. The van der Waals surface area contributed by atoms with Crippen LogP contribution in [0.5, 0.6) is 0 Å². The van der Waals surface area contributed by atoms with Crippen LogP contribution in [-0.4, -0.2) is 5.16 Å². The van der Waals surface area contributed by atoms with E-state index in [1.807, 2.05) is 36.9 Å². The zero-order valence-corrected chi connectivity index (χ0v) is 15.4. The third kappa shape index (κ3) is 3.44. The second-order valence-electron chi connectivity index (χ2n) is 6.10. The van der Waals surface area contributed by atoms with E-state index in [0.29, 0.717) is 0 Å². The second-order valence-corrected chi connectivity index (χ2v) is 7.12. The van der Waals surface area contributed by atoms with Crippen LogP contribution in [0, 0.1) is 6.92 Å². The zero-order valence-electron chi connectivity index (χ0n) is 14.6. The molecule has 0 aliphatic rings. The monoisotopic (exact) mass is 357 g/mol. The lowest BCUT2D eigenvalue weighted by atomic mass is 9.99. The van der Waals surface area contributed by atoms with Crippen LogP contribution in [-0.2, 0) is 5.75 Å². The molecule has 1 heterocycles. The molecule has 0 aliphatic heterocycles. The Bertz CT molecular complexity index is 993. The number of nitrogens with zero attached hydrogens (tertiary/aromatic N) is 1. The number of aryl methyl sites for hydroxylation is 1. The van der Waals surface area contributed by atoms with Crippen LogP contribution in [0.1, 0.15) is 11.3 Å². The van der Waals surface area contributed by atoms with E-state index in [9.17, 15) is 0 Å². The Morgan fingerprint density at radius 2 is 1.46 bits per heavy atom. The lowest BCUT2D eigenvalue weighted by Crippen LogP contribution is -1.88. The molecular formula is C23H19NOS. The number of aromatic nitrogens is 1. The van der Waals surface area contributed by atoms with Gasteiger partial charge in [0.05, 0.1) is 5.56 Å². The van der Waals surface area contributed by atoms with Crippen LogP contribution in [0.25, 0.3) is 22.4 Å². The van der Waals surface area contributed by atoms with Gasteiger partial charge in [-0.05, 0) is 18.6 Å². The Labute approximate surface area is 157 Å². The molecule has 4 rings (SSSR count). The Hall–Kier alpha value is -2.78. The first-order chi connectivity index (χ1) is 12.8. The first-order valence-corrected chi connectivity index (χ1v) is 9.59. The Balaban J connectivity index is 1.72. The summed E-state index contributed by atoms with van der Waals surface area (Å²) in [6.45, 7) is 1.98. The van der Waals surface area contributed by atoms with Crippen LogP contribution >= 0.6 is 11.8 Å². The number of benzene rings is 3. The van der Waals surface area contributed by atoms with Gasteiger partial charge in [0.2, 0.25) is 0 Å². The Kier molecular flexibility index (Phi) is 4.89. The van der Waals surface area contributed by atoms with Crippen molar-refractivity contribution in [3.05, 3.63) is 96.3 Å². The third-order valence-electron chi connectivity index (χ3n) is 4.30. The second kappa shape index (κ2) is 7.63. The minimum Gasteiger partial charge on any atom is -0.360 e. The fraction of sp³-hybridized carbons (Fsp3) is 0.0870. The zero-order chi connectivity index (χ0) is 17.8. The molecule has 0 fully saturated rings. The lowest BCUT2D eigenvalue weighted by molar-refractivity contribution is 0.400. The first-order valence-electron chi connectivity index (χ1n) is 8.61. The molecule has 26 heavy (non-hydrogen) atoms. The largest absolute Gasteiger partial charge is 0.360 e. The van der Waals surface area contributed by atoms with Crippen molar-refractivity contribution < 1.29 is 4.52 Å². The van der Waals surface area contributed by atoms with E-state index in [1.54, 1.807) is 0 Å². The normalized spacial score (nSPS) is 10.8. The Morgan fingerprint density at radius 3 is 2.23 bits per heavy atom. The summed E-state index contributed by atoms with van der Waals surface area (Å²) in [5.74, 6) is 1.78. The van der Waals surface area contributed by atoms with Crippen LogP contribution < -0.4 is 0 Å². The number of hydrogen-bond acceptors (Lipinski definition) is 3. The fourth-order valence-electron chi connectivity index (χ4n) is 3.02. The molecule has 0 amide bonds. The van der Waals surface area contributed by atoms with Crippen LogP contribution in [0.3, 0.4) is 0 Å². The summed E-state index contributed by atoms with van der Waals surface area (Å²) in [4.78, 5) is 1.24. The van der Waals surface area contributed by atoms with E-state index in [4.69, 9.17) is 4.52 Å². The maximum absolute atomic E-state index is 5.56. The van der Waals surface area contributed by atoms with E-state index < -0.39 is 0 Å². The van der Waals surface area contributed by atoms with Gasteiger partial charge in [0.1, 0.15) is 11.5 Å². The highest BCUT2D eigenvalue weighted by atomic mass is 32.2. The molecule has 0 saturated heterocycles. The molecule has 0 aliphatic carbocycles. The minimum absolute atomic E-state index is 0.844. The quantitative estimate of drug-likeness (QED) is 0.376. The van der Waals surface area contributed by atoms with Gasteiger partial charge in [-0.3, -0.25) is 0 Å². The van der Waals surface area contributed by atoms with Crippen molar-refractivity contribution in [3.8, 4) is 22.4 Å². The molecular weight excluding hydrogens is 338 g/mol. The topological polar surface area (TPSA) is 26.0 Å². The average molecular weight is 357 g/mol. The van der Waals surface area contributed by atoms with Gasteiger partial charge in [0, 0.05) is 21.8 Å². The predicted octanol–water partition coefficient (Wildman–Crippen LogP) is 6.61. The van der Waals surface area contributed by atoms with Crippen molar-refractivity contribution in [1.82, 2.24) is 5.16 Å². The van der Waals surface area contributed by atoms with Gasteiger partial charge >= 0.3 is 0 Å². The van der Waals surface area contributed by atoms with Crippen molar-refractivity contribution in [2.24, 2.45) is 0 Å². The summed E-state index contributed by atoms with van der Waals surface area (Å²) < 4.78 is 5.56. The average Bonchev–Trinajstić information content (AvgIpc) is 3.09. The maximum Gasteiger partial charge on any atom is 0.142 e. The highest BCUT2D eigenvalue weighted by Gasteiger charge is 2.19. The van der Waals surface area contributed by atoms with Gasteiger partial charge in [-0.25, -0.2) is 0 Å². The predicted molar refractivity (Wildman–Crippen MR) is 108 cm³/mol. The van der Waals surface area contributed by atoms with Crippen molar-refractivity contribution in [3.63, 3.8) is 0 Å². The molecule has 0 radical (unpaired) electrons. The van der Waals surface area contributed by atoms with Gasteiger partial charge in [-0.2, -0.15) is 0 Å². The summed E-state index contributed by atoms with van der Waals surface area (Å²) in [5, 5.41) is 4.34. The number of thioether (sulfide) groups is 1. The Morgan fingerprint density at radius 1 is 0.808 bits per heavy atom. The van der Waals surface area contributed by atoms with E-state index in [1.165, 1.54) is 16.0 Å². The third-order valence-corrected chi connectivity index (χ3v) is 5.45. The van der Waals surface area contributed by atoms with Crippen molar-refractivity contribution >= 4 is 11.8 Å². The first kappa shape index (κ1) is 16.7. The van der Waals surface area contributed by atoms with Crippen LogP contribution in [0.2, 0.25) is 0 Å². The summed E-state index contributed by atoms with van der Waals surface area (Å²) >= 11 is 1.84. The summed E-state index contributed by atoms with van der Waals surface area (Å²) in [6.07, 6.45) is 0. The minimum atomic E-state index is 0.844.